The van der Waals surface area contributed by atoms with Crippen molar-refractivity contribution >= 4 is 23.5 Å². The molecule has 2 heteroatoms. The summed E-state index contributed by atoms with van der Waals surface area (Å²) in [6.07, 6.45) is 0. The van der Waals surface area contributed by atoms with Crippen LogP contribution in [0.1, 0.15) is 13.8 Å². The minimum absolute atomic E-state index is 0.574. The Labute approximate surface area is 53.4 Å². The zero-order valence-electron chi connectivity index (χ0n) is 4.73. The first-order valence-electron chi connectivity index (χ1n) is 2.42. The van der Waals surface area contributed by atoms with Gasteiger partial charge in [0.2, 0.25) is 0 Å². The highest BCUT2D eigenvalue weighted by Gasteiger charge is 2.23. The van der Waals surface area contributed by atoms with Crippen LogP contribution in [0.3, 0.4) is 0 Å². The lowest BCUT2D eigenvalue weighted by atomic mass is 10.2. The van der Waals surface area contributed by atoms with Crippen molar-refractivity contribution < 1.29 is 0 Å². The molecule has 1 aliphatic rings. The summed E-state index contributed by atoms with van der Waals surface area (Å²) in [6.45, 7) is 4.61. The monoisotopic (exact) mass is 134 g/mol. The van der Waals surface area contributed by atoms with E-state index in [0.717, 1.165) is 0 Å². The Hall–Kier alpha value is 0.700. The molecule has 0 nitrogen and oxygen atoms in total. The molecule has 0 aromatic carbocycles. The van der Waals surface area contributed by atoms with E-state index in [4.69, 9.17) is 0 Å². The van der Waals surface area contributed by atoms with Gasteiger partial charge in [0, 0.05) is 15.6 Å². The van der Waals surface area contributed by atoms with Crippen molar-refractivity contribution in [3.63, 3.8) is 0 Å². The van der Waals surface area contributed by atoms with E-state index in [1.54, 1.807) is 0 Å². The highest BCUT2D eigenvalue weighted by molar-refractivity contribution is 8.19. The molecule has 0 radical (unpaired) electrons. The van der Waals surface area contributed by atoms with Crippen LogP contribution in [-0.2, 0) is 0 Å². The zero-order valence-corrected chi connectivity index (χ0v) is 6.36. The van der Waals surface area contributed by atoms with Crippen LogP contribution >= 0.6 is 23.5 Å². The van der Waals surface area contributed by atoms with E-state index in [1.807, 2.05) is 11.8 Å². The number of hydrogen-bond acceptors (Lipinski definition) is 2. The maximum absolute atomic E-state index is 2.30. The Morgan fingerprint density at radius 2 is 2.14 bits per heavy atom. The zero-order chi connectivity index (χ0) is 5.33. The average Bonchev–Trinajstić information content (AvgIpc) is 1.84. The van der Waals surface area contributed by atoms with Crippen LogP contribution in [0.2, 0.25) is 0 Å². The van der Waals surface area contributed by atoms with Gasteiger partial charge in [-0.25, -0.2) is 0 Å². The van der Waals surface area contributed by atoms with E-state index in [1.165, 1.54) is 10.8 Å². The summed E-state index contributed by atoms with van der Waals surface area (Å²) in [6, 6.07) is 0. The van der Waals surface area contributed by atoms with E-state index >= 15 is 0 Å². The average molecular weight is 134 g/mol. The lowest BCUT2D eigenvalue weighted by Crippen LogP contribution is -2.11. The number of thioether (sulfide) groups is 2. The van der Waals surface area contributed by atoms with Crippen molar-refractivity contribution in [2.45, 2.75) is 18.6 Å². The van der Waals surface area contributed by atoms with Crippen molar-refractivity contribution in [2.75, 3.05) is 10.8 Å². The van der Waals surface area contributed by atoms with Gasteiger partial charge in [0.1, 0.15) is 0 Å². The van der Waals surface area contributed by atoms with Crippen molar-refractivity contribution in [3.8, 4) is 0 Å². The largest absolute Gasteiger partial charge is 0.150 e. The molecule has 1 rings (SSSR count). The third-order valence-electron chi connectivity index (χ3n) is 0.983. The molecule has 1 fully saturated rings. The highest BCUT2D eigenvalue weighted by atomic mass is 32.2. The Balaban J connectivity index is 2.40. The second kappa shape index (κ2) is 1.90. The molecule has 0 saturated carbocycles. The first kappa shape index (κ1) is 5.83. The van der Waals surface area contributed by atoms with E-state index in [0.29, 0.717) is 4.75 Å². The summed E-state index contributed by atoms with van der Waals surface area (Å²) >= 11 is 4.11. The Morgan fingerprint density at radius 1 is 1.43 bits per heavy atom. The smallest absolute Gasteiger partial charge is 0.0398 e. The van der Waals surface area contributed by atoms with Crippen molar-refractivity contribution in [1.82, 2.24) is 0 Å². The van der Waals surface area contributed by atoms with E-state index < -0.39 is 0 Å². The van der Waals surface area contributed by atoms with Gasteiger partial charge in [0.15, 0.2) is 0 Å². The number of rotatable bonds is 0. The minimum Gasteiger partial charge on any atom is -0.150 e. The van der Waals surface area contributed by atoms with E-state index in [9.17, 15) is 0 Å². The van der Waals surface area contributed by atoms with Crippen molar-refractivity contribution in [3.05, 3.63) is 0 Å². The van der Waals surface area contributed by atoms with Gasteiger partial charge >= 0.3 is 0 Å². The Morgan fingerprint density at radius 3 is 2.29 bits per heavy atom. The van der Waals surface area contributed by atoms with Gasteiger partial charge in [-0.2, -0.15) is 0 Å². The van der Waals surface area contributed by atoms with Gasteiger partial charge in [-0.15, -0.1) is 23.5 Å². The standard InChI is InChI=1S/C5H10S2/c1-5(2)3-6-4-7-5/h3-4H2,1-2H3. The third kappa shape index (κ3) is 1.57. The lowest BCUT2D eigenvalue weighted by molar-refractivity contribution is 0.827. The molecule has 42 valence electrons. The minimum atomic E-state index is 0.574. The van der Waals surface area contributed by atoms with Gasteiger partial charge < -0.3 is 0 Å². The van der Waals surface area contributed by atoms with Gasteiger partial charge in [-0.3, -0.25) is 0 Å². The van der Waals surface area contributed by atoms with Crippen molar-refractivity contribution in [1.29, 1.82) is 0 Å². The molecular formula is C5H10S2. The summed E-state index contributed by atoms with van der Waals surface area (Å²) in [4.78, 5) is 0. The van der Waals surface area contributed by atoms with Gasteiger partial charge in [-0.1, -0.05) is 0 Å². The van der Waals surface area contributed by atoms with Crippen LogP contribution in [0.25, 0.3) is 0 Å². The van der Waals surface area contributed by atoms with E-state index in [2.05, 4.69) is 25.6 Å². The maximum atomic E-state index is 2.30. The fraction of sp³-hybridized carbons (Fsp3) is 1.00. The SMILES string of the molecule is CC1(C)CSCS1. The second-order valence-electron chi connectivity index (χ2n) is 2.37. The molecule has 0 aromatic rings. The highest BCUT2D eigenvalue weighted by Crippen LogP contribution is 2.38. The lowest BCUT2D eigenvalue weighted by Gasteiger charge is -2.11. The summed E-state index contributed by atoms with van der Waals surface area (Å²) in [5.41, 5.74) is 0. The molecule has 1 heterocycles. The van der Waals surface area contributed by atoms with Crippen LogP contribution in [0.5, 0.6) is 0 Å². The quantitative estimate of drug-likeness (QED) is 0.498. The predicted octanol–water partition coefficient (Wildman–Crippen LogP) is 2.20. The molecule has 0 aliphatic carbocycles. The molecule has 0 unspecified atom stereocenters. The molecule has 0 amide bonds. The van der Waals surface area contributed by atoms with Crippen LogP contribution in [0.15, 0.2) is 0 Å². The van der Waals surface area contributed by atoms with E-state index in [-0.39, 0.29) is 0 Å². The molecule has 1 aliphatic heterocycles. The second-order valence-corrected chi connectivity index (χ2v) is 5.40. The molecule has 0 N–H and O–H groups in total. The summed E-state index contributed by atoms with van der Waals surface area (Å²) in [5.74, 6) is 1.33. The van der Waals surface area contributed by atoms with Gasteiger partial charge in [-0.05, 0) is 13.8 Å². The van der Waals surface area contributed by atoms with Crippen LogP contribution in [0, 0.1) is 0 Å². The first-order valence-corrected chi connectivity index (χ1v) is 4.56. The Bertz CT molecular complexity index is 60.5. The number of hydrogen-bond donors (Lipinski definition) is 0. The summed E-state index contributed by atoms with van der Waals surface area (Å²) in [7, 11) is 0. The fourth-order valence-corrected chi connectivity index (χ4v) is 3.55. The van der Waals surface area contributed by atoms with Gasteiger partial charge in [0.05, 0.1) is 0 Å². The first-order chi connectivity index (χ1) is 3.21. The maximum Gasteiger partial charge on any atom is 0.0398 e. The topological polar surface area (TPSA) is 0 Å². The molecule has 0 bridgehead atoms. The molecule has 0 aromatic heterocycles. The predicted molar refractivity (Wildman–Crippen MR) is 39.0 cm³/mol. The summed E-state index contributed by atoms with van der Waals surface area (Å²) in [5, 5.41) is 1.30. The van der Waals surface area contributed by atoms with Crippen LogP contribution in [0.4, 0.5) is 0 Å². The van der Waals surface area contributed by atoms with Gasteiger partial charge in [0.25, 0.3) is 0 Å². The van der Waals surface area contributed by atoms with Crippen LogP contribution in [-0.4, -0.2) is 15.6 Å². The fourth-order valence-electron chi connectivity index (χ4n) is 0.530. The summed E-state index contributed by atoms with van der Waals surface area (Å²) < 4.78 is 0.574. The van der Waals surface area contributed by atoms with Crippen molar-refractivity contribution in [2.24, 2.45) is 0 Å². The normalized spacial score (nSPS) is 28.3. The molecular weight excluding hydrogens is 124 g/mol. The molecule has 0 spiro atoms. The van der Waals surface area contributed by atoms with Crippen LogP contribution < -0.4 is 0 Å². The molecule has 0 atom stereocenters. The molecule has 7 heavy (non-hydrogen) atoms. The molecule has 1 saturated heterocycles. The Kier molecular flexibility index (Phi) is 1.58. The third-order valence-corrected chi connectivity index (χ3v) is 4.16.